The molecule has 1 aromatic carbocycles. The summed E-state index contributed by atoms with van der Waals surface area (Å²) in [6.07, 6.45) is 6.45. The smallest absolute Gasteiger partial charge is 0.0760 e. The second-order valence-corrected chi connectivity index (χ2v) is 7.13. The van der Waals surface area contributed by atoms with E-state index in [2.05, 4.69) is 73.7 Å². The van der Waals surface area contributed by atoms with Crippen molar-refractivity contribution in [1.29, 1.82) is 0 Å². The molecule has 3 rings (SSSR count). The Bertz CT molecular complexity index is 846. The van der Waals surface area contributed by atoms with Crippen molar-refractivity contribution in [3.63, 3.8) is 0 Å². The van der Waals surface area contributed by atoms with Gasteiger partial charge in [0.1, 0.15) is 0 Å². The van der Waals surface area contributed by atoms with E-state index in [1.165, 1.54) is 34.1 Å². The van der Waals surface area contributed by atoms with Gasteiger partial charge in [-0.3, -0.25) is 4.98 Å². The minimum absolute atomic E-state index is 0.283. The van der Waals surface area contributed by atoms with Crippen molar-refractivity contribution in [1.82, 2.24) is 14.5 Å². The molecule has 0 saturated heterocycles. The number of nitrogens with zero attached hydrogens (tertiary/aromatic N) is 3. The fourth-order valence-electron chi connectivity index (χ4n) is 3.97. The van der Waals surface area contributed by atoms with Crippen LogP contribution in [0.2, 0.25) is 0 Å². The average molecular weight is 350 g/mol. The Morgan fingerprint density at radius 1 is 1.00 bits per heavy atom. The zero-order valence-corrected chi connectivity index (χ0v) is 16.6. The van der Waals surface area contributed by atoms with Crippen molar-refractivity contribution in [2.45, 2.75) is 46.6 Å². The summed E-state index contributed by atoms with van der Waals surface area (Å²) in [5.74, 6) is 0. The van der Waals surface area contributed by atoms with Crippen molar-refractivity contribution in [3.8, 4) is 0 Å². The van der Waals surface area contributed by atoms with Crippen LogP contribution in [0.15, 0.2) is 48.8 Å². The second-order valence-electron chi connectivity index (χ2n) is 7.13. The van der Waals surface area contributed by atoms with Crippen molar-refractivity contribution in [2.24, 2.45) is 0 Å². The van der Waals surface area contributed by atoms with Crippen molar-refractivity contribution >= 4 is 10.9 Å². The van der Waals surface area contributed by atoms with Gasteiger partial charge in [0.05, 0.1) is 17.3 Å². The van der Waals surface area contributed by atoms with Crippen LogP contribution in [-0.4, -0.2) is 34.1 Å². The minimum Gasteiger partial charge on any atom is -0.338 e. The van der Waals surface area contributed by atoms with Gasteiger partial charge in [0.15, 0.2) is 0 Å². The number of aryl methyl sites for hydroxylation is 2. The maximum absolute atomic E-state index is 4.77. The highest BCUT2D eigenvalue weighted by atomic mass is 15.1. The molecule has 3 aromatic rings. The molecule has 0 aliphatic heterocycles. The summed E-state index contributed by atoms with van der Waals surface area (Å²) in [5, 5.41) is 1.31. The molecule has 0 aliphatic carbocycles. The lowest BCUT2D eigenvalue weighted by atomic mass is 10.0. The fraction of sp³-hybridized carbons (Fsp3) is 0.435. The maximum Gasteiger partial charge on any atom is 0.0760 e. The van der Waals surface area contributed by atoms with Gasteiger partial charge in [-0.25, -0.2) is 0 Å². The highest BCUT2D eigenvalue weighted by Crippen LogP contribution is 2.31. The number of para-hydroxylation sites is 1. The third-order valence-electron chi connectivity index (χ3n) is 5.49. The zero-order valence-electron chi connectivity index (χ0n) is 16.6. The summed E-state index contributed by atoms with van der Waals surface area (Å²) >= 11 is 0. The molecule has 0 N–H and O–H groups in total. The summed E-state index contributed by atoms with van der Waals surface area (Å²) in [5.41, 5.74) is 5.14. The molecule has 3 nitrogen and oxygen atoms in total. The number of pyridine rings is 1. The first-order chi connectivity index (χ1) is 12.7. The normalized spacial score (nSPS) is 12.8. The van der Waals surface area contributed by atoms with Gasteiger partial charge in [0.2, 0.25) is 0 Å². The standard InChI is InChI=1S/C23H31N3/c1-5-25(6-2)16-9-13-21(22-18(3)11-8-15-24-22)26-17-14-20-12-7-10-19(4)23(20)26/h7-8,10-12,14-15,17,21H,5-6,9,13,16H2,1-4H3. The molecular weight excluding hydrogens is 318 g/mol. The van der Waals surface area contributed by atoms with Crippen molar-refractivity contribution in [3.05, 3.63) is 65.6 Å². The Hall–Kier alpha value is -2.13. The fourth-order valence-corrected chi connectivity index (χ4v) is 3.97. The molecule has 1 unspecified atom stereocenters. The van der Waals surface area contributed by atoms with Crippen LogP contribution in [0.25, 0.3) is 10.9 Å². The highest BCUT2D eigenvalue weighted by Gasteiger charge is 2.19. The molecule has 0 fully saturated rings. The number of aromatic nitrogens is 2. The SMILES string of the molecule is CCN(CC)CCCC(c1ncccc1C)n1ccc2cccc(C)c21. The summed E-state index contributed by atoms with van der Waals surface area (Å²) in [6.45, 7) is 12.3. The van der Waals surface area contributed by atoms with Gasteiger partial charge in [-0.15, -0.1) is 0 Å². The van der Waals surface area contributed by atoms with Gasteiger partial charge in [0.25, 0.3) is 0 Å². The maximum atomic E-state index is 4.77. The Kier molecular flexibility index (Phi) is 6.10. The Balaban J connectivity index is 1.96. The van der Waals surface area contributed by atoms with Crippen LogP contribution in [0.1, 0.15) is 49.6 Å². The topological polar surface area (TPSA) is 21.1 Å². The summed E-state index contributed by atoms with van der Waals surface area (Å²) in [4.78, 5) is 7.28. The quantitative estimate of drug-likeness (QED) is 0.545. The third-order valence-corrected chi connectivity index (χ3v) is 5.49. The van der Waals surface area contributed by atoms with E-state index in [1.807, 2.05) is 12.3 Å². The molecule has 0 bridgehead atoms. The van der Waals surface area contributed by atoms with E-state index in [0.29, 0.717) is 0 Å². The van der Waals surface area contributed by atoms with Crippen LogP contribution in [0, 0.1) is 13.8 Å². The van der Waals surface area contributed by atoms with E-state index >= 15 is 0 Å². The lowest BCUT2D eigenvalue weighted by Crippen LogP contribution is -2.25. The van der Waals surface area contributed by atoms with E-state index in [-0.39, 0.29) is 6.04 Å². The van der Waals surface area contributed by atoms with Gasteiger partial charge in [-0.2, -0.15) is 0 Å². The molecule has 0 amide bonds. The Morgan fingerprint density at radius 3 is 2.50 bits per heavy atom. The lowest BCUT2D eigenvalue weighted by Gasteiger charge is -2.24. The zero-order chi connectivity index (χ0) is 18.5. The first-order valence-corrected chi connectivity index (χ1v) is 9.85. The van der Waals surface area contributed by atoms with Crippen molar-refractivity contribution in [2.75, 3.05) is 19.6 Å². The molecule has 0 spiro atoms. The molecule has 0 aliphatic rings. The van der Waals surface area contributed by atoms with Crippen LogP contribution in [0.3, 0.4) is 0 Å². The van der Waals surface area contributed by atoms with E-state index < -0.39 is 0 Å². The third kappa shape index (κ3) is 3.83. The molecule has 2 heterocycles. The van der Waals surface area contributed by atoms with Gasteiger partial charge in [0, 0.05) is 12.4 Å². The molecule has 3 heteroatoms. The number of hydrogen-bond acceptors (Lipinski definition) is 2. The van der Waals surface area contributed by atoms with Gasteiger partial charge in [-0.05, 0) is 75.0 Å². The van der Waals surface area contributed by atoms with Crippen LogP contribution < -0.4 is 0 Å². The first-order valence-electron chi connectivity index (χ1n) is 9.85. The summed E-state index contributed by atoms with van der Waals surface area (Å²) in [6, 6.07) is 13.3. The van der Waals surface area contributed by atoms with Crippen LogP contribution in [0.4, 0.5) is 0 Å². The Labute approximate surface area is 157 Å². The van der Waals surface area contributed by atoms with E-state index in [1.54, 1.807) is 0 Å². The number of hydrogen-bond donors (Lipinski definition) is 0. The largest absolute Gasteiger partial charge is 0.338 e. The predicted octanol–water partition coefficient (Wildman–Crippen LogP) is 5.36. The molecule has 0 radical (unpaired) electrons. The molecular formula is C23H31N3. The predicted molar refractivity (Wildman–Crippen MR) is 111 cm³/mol. The molecule has 1 atom stereocenters. The molecule has 0 saturated carbocycles. The summed E-state index contributed by atoms with van der Waals surface area (Å²) < 4.78 is 2.45. The number of rotatable bonds is 8. The van der Waals surface area contributed by atoms with E-state index in [9.17, 15) is 0 Å². The molecule has 26 heavy (non-hydrogen) atoms. The first kappa shape index (κ1) is 18.7. The highest BCUT2D eigenvalue weighted by molar-refractivity contribution is 5.83. The summed E-state index contributed by atoms with van der Waals surface area (Å²) in [7, 11) is 0. The van der Waals surface area contributed by atoms with E-state index in [4.69, 9.17) is 4.98 Å². The van der Waals surface area contributed by atoms with Gasteiger partial charge >= 0.3 is 0 Å². The van der Waals surface area contributed by atoms with Crippen LogP contribution in [-0.2, 0) is 0 Å². The van der Waals surface area contributed by atoms with Crippen molar-refractivity contribution < 1.29 is 0 Å². The molecule has 2 aromatic heterocycles. The van der Waals surface area contributed by atoms with Gasteiger partial charge in [-0.1, -0.05) is 38.1 Å². The monoisotopic (exact) mass is 349 g/mol. The second kappa shape index (κ2) is 8.50. The van der Waals surface area contributed by atoms with Crippen LogP contribution in [0.5, 0.6) is 0 Å². The Morgan fingerprint density at radius 2 is 1.77 bits per heavy atom. The number of fused-ring (bicyclic) bond motifs is 1. The van der Waals surface area contributed by atoms with E-state index in [0.717, 1.165) is 26.1 Å². The average Bonchev–Trinajstić information content (AvgIpc) is 3.08. The number of benzene rings is 1. The minimum atomic E-state index is 0.283. The lowest BCUT2D eigenvalue weighted by molar-refractivity contribution is 0.290. The van der Waals surface area contributed by atoms with Crippen LogP contribution >= 0.6 is 0 Å². The molecule has 138 valence electrons. The van der Waals surface area contributed by atoms with Gasteiger partial charge < -0.3 is 9.47 Å².